The Bertz CT molecular complexity index is 672. The standard InChI is InChI=1S/C15H12F3NO/c16-11-7-13(18)12(17)6-10(11)15(19)9-1-2-14-8(5-9)3-4-20-14/h1-2,5-7,15H,3-4,19H2. The van der Waals surface area contributed by atoms with Gasteiger partial charge in [-0.05, 0) is 23.3 Å². The third kappa shape index (κ3) is 2.14. The molecule has 0 saturated carbocycles. The normalized spacial score (nSPS) is 14.8. The predicted molar refractivity (Wildman–Crippen MR) is 68.0 cm³/mol. The van der Waals surface area contributed by atoms with E-state index in [9.17, 15) is 13.2 Å². The van der Waals surface area contributed by atoms with Crippen molar-refractivity contribution in [3.63, 3.8) is 0 Å². The van der Waals surface area contributed by atoms with Crippen molar-refractivity contribution in [3.05, 3.63) is 64.5 Å². The summed E-state index contributed by atoms with van der Waals surface area (Å²) in [6.45, 7) is 0.605. The minimum absolute atomic E-state index is 0.0669. The van der Waals surface area contributed by atoms with Crippen LogP contribution in [0.15, 0.2) is 30.3 Å². The molecule has 2 nitrogen and oxygen atoms in total. The molecule has 2 aromatic carbocycles. The second kappa shape index (κ2) is 4.83. The molecule has 2 N–H and O–H groups in total. The van der Waals surface area contributed by atoms with Crippen molar-refractivity contribution in [2.45, 2.75) is 12.5 Å². The van der Waals surface area contributed by atoms with Crippen molar-refractivity contribution in [1.29, 1.82) is 0 Å². The van der Waals surface area contributed by atoms with Crippen LogP contribution in [0.4, 0.5) is 13.2 Å². The van der Waals surface area contributed by atoms with E-state index in [2.05, 4.69) is 0 Å². The molecule has 0 saturated heterocycles. The highest BCUT2D eigenvalue weighted by Crippen LogP contribution is 2.30. The molecule has 1 aliphatic heterocycles. The molecule has 1 aliphatic rings. The second-order valence-electron chi connectivity index (χ2n) is 4.73. The molecule has 0 bridgehead atoms. The maximum Gasteiger partial charge on any atom is 0.161 e. The third-order valence-corrected chi connectivity index (χ3v) is 3.45. The maximum atomic E-state index is 13.7. The molecule has 5 heteroatoms. The highest BCUT2D eigenvalue weighted by Gasteiger charge is 2.20. The van der Waals surface area contributed by atoms with Gasteiger partial charge in [0.25, 0.3) is 0 Å². The highest BCUT2D eigenvalue weighted by atomic mass is 19.2. The Balaban J connectivity index is 2.00. The molecule has 0 amide bonds. The lowest BCUT2D eigenvalue weighted by atomic mass is 9.96. The van der Waals surface area contributed by atoms with Gasteiger partial charge in [-0.15, -0.1) is 0 Å². The lowest BCUT2D eigenvalue weighted by Gasteiger charge is -2.15. The van der Waals surface area contributed by atoms with Gasteiger partial charge in [0.1, 0.15) is 11.6 Å². The summed E-state index contributed by atoms with van der Waals surface area (Å²) in [7, 11) is 0. The lowest BCUT2D eigenvalue weighted by Crippen LogP contribution is -2.14. The largest absolute Gasteiger partial charge is 0.493 e. The first-order valence-electron chi connectivity index (χ1n) is 6.22. The number of hydrogen-bond donors (Lipinski definition) is 1. The summed E-state index contributed by atoms with van der Waals surface area (Å²) in [5, 5.41) is 0. The number of halogens is 3. The fourth-order valence-electron chi connectivity index (χ4n) is 2.36. The van der Waals surface area contributed by atoms with Crippen LogP contribution in [0.1, 0.15) is 22.7 Å². The average Bonchev–Trinajstić information content (AvgIpc) is 2.89. The maximum absolute atomic E-state index is 13.7. The Morgan fingerprint density at radius 1 is 1.00 bits per heavy atom. The van der Waals surface area contributed by atoms with Gasteiger partial charge in [0.2, 0.25) is 0 Å². The monoisotopic (exact) mass is 279 g/mol. The van der Waals surface area contributed by atoms with Crippen molar-refractivity contribution >= 4 is 0 Å². The fraction of sp³-hybridized carbons (Fsp3) is 0.200. The quantitative estimate of drug-likeness (QED) is 0.857. The van der Waals surface area contributed by atoms with Gasteiger partial charge in [-0.3, -0.25) is 0 Å². The minimum Gasteiger partial charge on any atom is -0.493 e. The SMILES string of the molecule is NC(c1ccc2c(c1)CCO2)c1cc(F)c(F)cc1F. The number of rotatable bonds is 2. The summed E-state index contributed by atoms with van der Waals surface area (Å²) in [5.41, 5.74) is 7.52. The highest BCUT2D eigenvalue weighted by molar-refractivity contribution is 5.43. The molecule has 2 aromatic rings. The summed E-state index contributed by atoms with van der Waals surface area (Å²) >= 11 is 0. The van der Waals surface area contributed by atoms with Gasteiger partial charge in [0, 0.05) is 18.1 Å². The Kier molecular flexibility index (Phi) is 3.14. The van der Waals surface area contributed by atoms with Crippen LogP contribution < -0.4 is 10.5 Å². The van der Waals surface area contributed by atoms with Gasteiger partial charge in [-0.25, -0.2) is 13.2 Å². The van der Waals surface area contributed by atoms with Crippen molar-refractivity contribution in [2.75, 3.05) is 6.61 Å². The first-order chi connectivity index (χ1) is 9.56. The van der Waals surface area contributed by atoms with E-state index in [-0.39, 0.29) is 5.56 Å². The number of ether oxygens (including phenoxy) is 1. The Hall–Kier alpha value is -2.01. The molecule has 0 radical (unpaired) electrons. The van der Waals surface area contributed by atoms with E-state index in [0.29, 0.717) is 18.2 Å². The van der Waals surface area contributed by atoms with Gasteiger partial charge in [-0.1, -0.05) is 12.1 Å². The summed E-state index contributed by atoms with van der Waals surface area (Å²) in [5.74, 6) is -2.40. The van der Waals surface area contributed by atoms with Crippen LogP contribution in [0, 0.1) is 17.5 Å². The zero-order chi connectivity index (χ0) is 14.3. The summed E-state index contributed by atoms with van der Waals surface area (Å²) < 4.78 is 45.3. The van der Waals surface area contributed by atoms with Crippen LogP contribution in [0.3, 0.4) is 0 Å². The van der Waals surface area contributed by atoms with Crippen molar-refractivity contribution < 1.29 is 17.9 Å². The summed E-state index contributed by atoms with van der Waals surface area (Å²) in [6.07, 6.45) is 0.760. The predicted octanol–water partition coefficient (Wildman–Crippen LogP) is 3.09. The van der Waals surface area contributed by atoms with Crippen LogP contribution in [-0.2, 0) is 6.42 Å². The van der Waals surface area contributed by atoms with E-state index in [1.54, 1.807) is 12.1 Å². The van der Waals surface area contributed by atoms with E-state index >= 15 is 0 Å². The molecule has 0 aromatic heterocycles. The molecular formula is C15H12F3NO. The average molecular weight is 279 g/mol. The van der Waals surface area contributed by atoms with Crippen LogP contribution in [-0.4, -0.2) is 6.61 Å². The first kappa shape index (κ1) is 13.0. The third-order valence-electron chi connectivity index (χ3n) is 3.45. The molecule has 3 rings (SSSR count). The summed E-state index contributed by atoms with van der Waals surface area (Å²) in [4.78, 5) is 0. The van der Waals surface area contributed by atoms with Crippen LogP contribution >= 0.6 is 0 Å². The smallest absolute Gasteiger partial charge is 0.161 e. The molecule has 1 atom stereocenters. The molecule has 0 aliphatic carbocycles. The van der Waals surface area contributed by atoms with E-state index in [1.807, 2.05) is 6.07 Å². The number of fused-ring (bicyclic) bond motifs is 1. The number of hydrogen-bond acceptors (Lipinski definition) is 2. The van der Waals surface area contributed by atoms with Gasteiger partial charge in [0.15, 0.2) is 11.6 Å². The zero-order valence-corrected chi connectivity index (χ0v) is 10.5. The molecule has 0 fully saturated rings. The van der Waals surface area contributed by atoms with Crippen LogP contribution in [0.5, 0.6) is 5.75 Å². The van der Waals surface area contributed by atoms with Gasteiger partial charge < -0.3 is 10.5 Å². The van der Waals surface area contributed by atoms with Gasteiger partial charge in [-0.2, -0.15) is 0 Å². The van der Waals surface area contributed by atoms with Crippen molar-refractivity contribution in [1.82, 2.24) is 0 Å². The van der Waals surface area contributed by atoms with Gasteiger partial charge >= 0.3 is 0 Å². The lowest BCUT2D eigenvalue weighted by molar-refractivity contribution is 0.357. The van der Waals surface area contributed by atoms with Crippen molar-refractivity contribution in [3.8, 4) is 5.75 Å². The summed E-state index contributed by atoms with van der Waals surface area (Å²) in [6, 6.07) is 5.74. The minimum atomic E-state index is -1.22. The van der Waals surface area contributed by atoms with E-state index in [1.165, 1.54) is 0 Å². The van der Waals surface area contributed by atoms with E-state index < -0.39 is 23.5 Å². The fourth-order valence-corrected chi connectivity index (χ4v) is 2.36. The Morgan fingerprint density at radius 2 is 1.75 bits per heavy atom. The number of nitrogens with two attached hydrogens (primary N) is 1. The van der Waals surface area contributed by atoms with Crippen LogP contribution in [0.25, 0.3) is 0 Å². The topological polar surface area (TPSA) is 35.2 Å². The number of benzene rings is 2. The molecule has 1 unspecified atom stereocenters. The molecular weight excluding hydrogens is 267 g/mol. The molecule has 1 heterocycles. The first-order valence-corrected chi connectivity index (χ1v) is 6.22. The molecule has 0 spiro atoms. The molecule has 104 valence electrons. The van der Waals surface area contributed by atoms with Gasteiger partial charge in [0.05, 0.1) is 12.6 Å². The van der Waals surface area contributed by atoms with Crippen molar-refractivity contribution in [2.24, 2.45) is 5.73 Å². The Morgan fingerprint density at radius 3 is 2.55 bits per heavy atom. The second-order valence-corrected chi connectivity index (χ2v) is 4.73. The Labute approximate surface area is 114 Å². The van der Waals surface area contributed by atoms with E-state index in [4.69, 9.17) is 10.5 Å². The molecule has 20 heavy (non-hydrogen) atoms. The van der Waals surface area contributed by atoms with Crippen LogP contribution in [0.2, 0.25) is 0 Å². The zero-order valence-electron chi connectivity index (χ0n) is 10.5. The van der Waals surface area contributed by atoms with E-state index in [0.717, 1.165) is 23.8 Å².